The topological polar surface area (TPSA) is 25.8 Å². The van der Waals surface area contributed by atoms with Crippen molar-refractivity contribution in [1.29, 1.82) is 0 Å². The van der Waals surface area contributed by atoms with E-state index in [1.165, 1.54) is 24.3 Å². The summed E-state index contributed by atoms with van der Waals surface area (Å²) in [5.74, 6) is 0.409. The maximum absolute atomic E-state index is 12.6. The van der Waals surface area contributed by atoms with E-state index in [-0.39, 0.29) is 0 Å². The normalized spacial score (nSPS) is 9.80. The summed E-state index contributed by atoms with van der Waals surface area (Å²) < 4.78 is 12.6. The molecule has 0 aliphatic carbocycles. The van der Waals surface area contributed by atoms with Gasteiger partial charge in [0, 0.05) is 6.20 Å². The van der Waals surface area contributed by atoms with Gasteiger partial charge in [-0.25, -0.2) is 9.97 Å². The van der Waals surface area contributed by atoms with Crippen molar-refractivity contribution in [3.8, 4) is 0 Å². The van der Waals surface area contributed by atoms with Gasteiger partial charge in [0.15, 0.2) is 0 Å². The van der Waals surface area contributed by atoms with Crippen molar-refractivity contribution in [1.82, 2.24) is 9.97 Å². The van der Waals surface area contributed by atoms with Crippen LogP contribution in [0.25, 0.3) is 0 Å². The molecule has 4 heteroatoms. The fourth-order valence-electron chi connectivity index (χ4n) is 0.554. The highest BCUT2D eigenvalue weighted by Gasteiger charge is 1.99. The van der Waals surface area contributed by atoms with Crippen LogP contribution >= 0.6 is 11.8 Å². The third kappa shape index (κ3) is 1.67. The quantitative estimate of drug-likeness (QED) is 0.484. The van der Waals surface area contributed by atoms with Crippen molar-refractivity contribution in [2.45, 2.75) is 11.8 Å². The molecule has 0 atom stereocenters. The summed E-state index contributed by atoms with van der Waals surface area (Å²) in [5.41, 5.74) is 0. The van der Waals surface area contributed by atoms with Gasteiger partial charge in [0.05, 0.1) is 4.90 Å². The number of aromatic nitrogens is 2. The van der Waals surface area contributed by atoms with Crippen molar-refractivity contribution < 1.29 is 4.39 Å². The molecule has 0 N–H and O–H groups in total. The predicted octanol–water partition coefficient (Wildman–Crippen LogP) is 1.73. The Morgan fingerprint density at radius 2 is 2.50 bits per heavy atom. The molecule has 0 aliphatic heterocycles. The highest BCUT2D eigenvalue weighted by Crippen LogP contribution is 2.17. The van der Waals surface area contributed by atoms with Crippen LogP contribution in [0.5, 0.6) is 0 Å². The van der Waals surface area contributed by atoms with Crippen LogP contribution < -0.4 is 0 Å². The van der Waals surface area contributed by atoms with E-state index in [4.69, 9.17) is 0 Å². The van der Waals surface area contributed by atoms with E-state index in [2.05, 4.69) is 9.97 Å². The summed E-state index contributed by atoms with van der Waals surface area (Å²) in [4.78, 5) is 7.61. The Kier molecular flexibility index (Phi) is 2.62. The third-order valence-electron chi connectivity index (χ3n) is 0.933. The van der Waals surface area contributed by atoms with Gasteiger partial charge in [0.2, 0.25) is 5.95 Å². The first-order valence-corrected chi connectivity index (χ1v) is 3.91. The van der Waals surface area contributed by atoms with E-state index in [1.807, 2.05) is 6.92 Å². The molecule has 54 valence electrons. The molecule has 1 aromatic heterocycles. The van der Waals surface area contributed by atoms with Gasteiger partial charge in [-0.05, 0) is 5.75 Å². The average molecular weight is 158 g/mol. The van der Waals surface area contributed by atoms with Gasteiger partial charge in [-0.15, -0.1) is 11.8 Å². The number of hydrogen-bond donors (Lipinski definition) is 0. The van der Waals surface area contributed by atoms with Crippen LogP contribution in [0, 0.1) is 5.95 Å². The minimum absolute atomic E-state index is 0.429. The molecule has 0 aromatic carbocycles. The molecular formula is C6H7FN2S. The highest BCUT2D eigenvalue weighted by molar-refractivity contribution is 7.99. The summed E-state index contributed by atoms with van der Waals surface area (Å²) >= 11 is 1.40. The molecule has 0 radical (unpaired) electrons. The van der Waals surface area contributed by atoms with E-state index in [0.717, 1.165) is 5.75 Å². The molecule has 1 aromatic rings. The van der Waals surface area contributed by atoms with Crippen LogP contribution in [0.1, 0.15) is 6.92 Å². The number of halogens is 1. The smallest absolute Gasteiger partial charge is 0.229 e. The van der Waals surface area contributed by atoms with Crippen LogP contribution in [0.3, 0.4) is 0 Å². The van der Waals surface area contributed by atoms with E-state index >= 15 is 0 Å². The molecule has 1 rings (SSSR count). The second-order valence-electron chi connectivity index (χ2n) is 1.61. The Morgan fingerprint density at radius 1 is 1.70 bits per heavy atom. The zero-order valence-electron chi connectivity index (χ0n) is 5.54. The fourth-order valence-corrected chi connectivity index (χ4v) is 1.17. The molecule has 0 fully saturated rings. The van der Waals surface area contributed by atoms with Crippen molar-refractivity contribution in [2.24, 2.45) is 0 Å². The largest absolute Gasteiger partial charge is 0.243 e. The molecule has 10 heavy (non-hydrogen) atoms. The molecular weight excluding hydrogens is 151 g/mol. The van der Waals surface area contributed by atoms with Gasteiger partial charge in [0.25, 0.3) is 0 Å². The van der Waals surface area contributed by atoms with E-state index < -0.39 is 5.95 Å². The number of rotatable bonds is 2. The maximum Gasteiger partial charge on any atom is 0.229 e. The molecule has 0 saturated carbocycles. The first-order valence-electron chi connectivity index (χ1n) is 2.93. The zero-order chi connectivity index (χ0) is 7.40. The lowest BCUT2D eigenvalue weighted by Crippen LogP contribution is -1.87. The van der Waals surface area contributed by atoms with Crippen molar-refractivity contribution in [3.63, 3.8) is 0 Å². The first kappa shape index (κ1) is 7.47. The van der Waals surface area contributed by atoms with Gasteiger partial charge in [-0.2, -0.15) is 4.39 Å². The van der Waals surface area contributed by atoms with Gasteiger partial charge in [-0.1, -0.05) is 6.92 Å². The van der Waals surface area contributed by atoms with Crippen LogP contribution in [0.4, 0.5) is 4.39 Å². The molecule has 0 saturated heterocycles. The lowest BCUT2D eigenvalue weighted by molar-refractivity contribution is 0.551. The first-order chi connectivity index (χ1) is 4.84. The molecule has 0 spiro atoms. The summed E-state index contributed by atoms with van der Waals surface area (Å²) in [7, 11) is 0. The van der Waals surface area contributed by atoms with Gasteiger partial charge in [0.1, 0.15) is 6.33 Å². The van der Waals surface area contributed by atoms with Crippen LogP contribution in [0.15, 0.2) is 17.4 Å². The SMILES string of the molecule is CCSc1cncnc1F. The summed E-state index contributed by atoms with van der Waals surface area (Å²) in [5, 5.41) is 0. The Bertz CT molecular complexity index is 217. The molecule has 0 aliphatic rings. The Hall–Kier alpha value is -0.640. The second kappa shape index (κ2) is 3.51. The van der Waals surface area contributed by atoms with Gasteiger partial charge >= 0.3 is 0 Å². The zero-order valence-corrected chi connectivity index (χ0v) is 6.36. The molecule has 0 unspecified atom stereocenters. The third-order valence-corrected chi connectivity index (χ3v) is 1.81. The number of nitrogens with zero attached hydrogens (tertiary/aromatic N) is 2. The standard InChI is InChI=1S/C6H7FN2S/c1-2-10-5-3-8-4-9-6(5)7/h3-4H,2H2,1H3. The van der Waals surface area contributed by atoms with Gasteiger partial charge in [-0.3, -0.25) is 0 Å². The molecule has 2 nitrogen and oxygen atoms in total. The van der Waals surface area contributed by atoms with Crippen molar-refractivity contribution >= 4 is 11.8 Å². The predicted molar refractivity (Wildman–Crippen MR) is 38.4 cm³/mol. The Labute approximate surface area is 62.9 Å². The Morgan fingerprint density at radius 3 is 3.10 bits per heavy atom. The minimum Gasteiger partial charge on any atom is -0.243 e. The maximum atomic E-state index is 12.6. The van der Waals surface area contributed by atoms with Crippen molar-refractivity contribution in [3.05, 3.63) is 18.5 Å². The fraction of sp³-hybridized carbons (Fsp3) is 0.333. The molecule has 1 heterocycles. The minimum atomic E-state index is -0.429. The molecule has 0 amide bonds. The van der Waals surface area contributed by atoms with E-state index in [1.54, 1.807) is 0 Å². The lowest BCUT2D eigenvalue weighted by Gasteiger charge is -1.95. The van der Waals surface area contributed by atoms with Crippen LogP contribution in [0.2, 0.25) is 0 Å². The number of thioether (sulfide) groups is 1. The molecule has 0 bridgehead atoms. The Balaban J connectivity index is 2.81. The summed E-state index contributed by atoms with van der Waals surface area (Å²) in [6, 6.07) is 0. The van der Waals surface area contributed by atoms with Crippen LogP contribution in [-0.2, 0) is 0 Å². The summed E-state index contributed by atoms with van der Waals surface area (Å²) in [6.45, 7) is 1.96. The second-order valence-corrected chi connectivity index (χ2v) is 2.92. The average Bonchev–Trinajstić information content (AvgIpc) is 1.94. The van der Waals surface area contributed by atoms with Gasteiger partial charge < -0.3 is 0 Å². The van der Waals surface area contributed by atoms with Crippen molar-refractivity contribution in [2.75, 3.05) is 5.75 Å². The van der Waals surface area contributed by atoms with E-state index in [0.29, 0.717) is 4.90 Å². The lowest BCUT2D eigenvalue weighted by atomic mass is 10.7. The van der Waals surface area contributed by atoms with E-state index in [9.17, 15) is 4.39 Å². The highest BCUT2D eigenvalue weighted by atomic mass is 32.2. The number of hydrogen-bond acceptors (Lipinski definition) is 3. The summed E-state index contributed by atoms with van der Waals surface area (Å²) in [6.07, 6.45) is 2.69. The monoisotopic (exact) mass is 158 g/mol. The van der Waals surface area contributed by atoms with Crippen LogP contribution in [-0.4, -0.2) is 15.7 Å².